The molecule has 5 heteroatoms. The Hall–Kier alpha value is -1.36. The minimum Gasteiger partial charge on any atom is -0.378 e. The maximum absolute atomic E-state index is 11.8. The second kappa shape index (κ2) is 7.28. The minimum absolute atomic E-state index is 0.00423. The van der Waals surface area contributed by atoms with Crippen LogP contribution >= 0.6 is 0 Å². The molecule has 0 radical (unpaired) electrons. The Morgan fingerprint density at radius 1 is 1.53 bits per heavy atom. The van der Waals surface area contributed by atoms with Crippen molar-refractivity contribution in [2.24, 2.45) is 0 Å². The molecule has 0 aromatic carbocycles. The molecule has 0 spiro atoms. The fraction of sp³-hybridized carbons (Fsp3) is 0.714. The van der Waals surface area contributed by atoms with Gasteiger partial charge in [0.05, 0.1) is 6.10 Å². The van der Waals surface area contributed by atoms with E-state index in [2.05, 4.69) is 10.4 Å². The van der Waals surface area contributed by atoms with Crippen LogP contribution in [0.15, 0.2) is 18.5 Å². The summed E-state index contributed by atoms with van der Waals surface area (Å²) in [5.74, 6) is 0.00423. The average molecular weight is 265 g/mol. The first kappa shape index (κ1) is 14.1. The fourth-order valence-electron chi connectivity index (χ4n) is 2.37. The van der Waals surface area contributed by atoms with Crippen molar-refractivity contribution < 1.29 is 9.53 Å². The third-order valence-electron chi connectivity index (χ3n) is 3.58. The molecule has 1 aliphatic rings. The smallest absolute Gasteiger partial charge is 0.244 e. The molecule has 0 aliphatic heterocycles. The highest BCUT2D eigenvalue weighted by atomic mass is 16.5. The summed E-state index contributed by atoms with van der Waals surface area (Å²) in [5, 5.41) is 6.98. The fourth-order valence-corrected chi connectivity index (χ4v) is 2.37. The quantitative estimate of drug-likeness (QED) is 0.766. The summed E-state index contributed by atoms with van der Waals surface area (Å²) < 4.78 is 7.41. The number of hydrogen-bond acceptors (Lipinski definition) is 3. The van der Waals surface area contributed by atoms with Crippen LogP contribution in [-0.2, 0) is 9.53 Å². The van der Waals surface area contributed by atoms with Gasteiger partial charge in [0, 0.05) is 25.5 Å². The number of carbonyl (C=O) groups is 1. The second-order valence-electron chi connectivity index (χ2n) is 5.08. The summed E-state index contributed by atoms with van der Waals surface area (Å²) in [6.45, 7) is 3.25. The van der Waals surface area contributed by atoms with Crippen LogP contribution in [0.4, 0.5) is 0 Å². The summed E-state index contributed by atoms with van der Waals surface area (Å²) in [4.78, 5) is 11.8. The first-order valence-electron chi connectivity index (χ1n) is 7.16. The molecule has 19 heavy (non-hydrogen) atoms. The van der Waals surface area contributed by atoms with Gasteiger partial charge in [0.2, 0.25) is 5.91 Å². The molecule has 1 saturated carbocycles. The molecule has 1 amide bonds. The lowest BCUT2D eigenvalue weighted by atomic mass is 10.3. The lowest BCUT2D eigenvalue weighted by Crippen LogP contribution is -2.32. The standard InChI is InChI=1S/C14H23N3O2/c1-12(17-10-4-9-16-17)14(18)15-8-5-11-19-13-6-2-3-7-13/h4,9-10,12-13H,2-3,5-8,11H2,1H3,(H,15,18)/t12-/m1/s1. The van der Waals surface area contributed by atoms with Crippen LogP contribution in [-0.4, -0.2) is 34.9 Å². The SMILES string of the molecule is C[C@H](C(=O)NCCCOC1CCCC1)n1cccn1. The number of ether oxygens (including phenoxy) is 1. The number of carbonyl (C=O) groups excluding carboxylic acids is 1. The van der Waals surface area contributed by atoms with E-state index >= 15 is 0 Å². The van der Waals surface area contributed by atoms with Crippen molar-refractivity contribution >= 4 is 5.91 Å². The maximum atomic E-state index is 11.8. The number of nitrogens with one attached hydrogen (secondary N) is 1. The minimum atomic E-state index is -0.259. The van der Waals surface area contributed by atoms with E-state index in [1.807, 2.05) is 13.0 Å². The third-order valence-corrected chi connectivity index (χ3v) is 3.58. The molecule has 1 fully saturated rings. The molecule has 1 heterocycles. The van der Waals surface area contributed by atoms with Crippen molar-refractivity contribution in [3.8, 4) is 0 Å². The van der Waals surface area contributed by atoms with Crippen LogP contribution in [0.2, 0.25) is 0 Å². The zero-order valence-electron chi connectivity index (χ0n) is 11.5. The number of rotatable bonds is 7. The van der Waals surface area contributed by atoms with Gasteiger partial charge in [-0.2, -0.15) is 5.10 Å². The van der Waals surface area contributed by atoms with Crippen molar-refractivity contribution in [3.63, 3.8) is 0 Å². The zero-order chi connectivity index (χ0) is 13.5. The van der Waals surface area contributed by atoms with Crippen molar-refractivity contribution in [2.45, 2.75) is 51.2 Å². The molecule has 0 unspecified atom stereocenters. The van der Waals surface area contributed by atoms with E-state index in [0.717, 1.165) is 13.0 Å². The Kier molecular flexibility index (Phi) is 5.39. The topological polar surface area (TPSA) is 56.1 Å². The summed E-state index contributed by atoms with van der Waals surface area (Å²) in [5.41, 5.74) is 0. The number of aromatic nitrogens is 2. The van der Waals surface area contributed by atoms with Gasteiger partial charge in [-0.15, -0.1) is 0 Å². The first-order chi connectivity index (χ1) is 9.27. The lowest BCUT2D eigenvalue weighted by Gasteiger charge is -2.14. The van der Waals surface area contributed by atoms with Crippen LogP contribution in [0.25, 0.3) is 0 Å². The van der Waals surface area contributed by atoms with Crippen LogP contribution in [0.3, 0.4) is 0 Å². The van der Waals surface area contributed by atoms with Gasteiger partial charge in [0.25, 0.3) is 0 Å². The van der Waals surface area contributed by atoms with Gasteiger partial charge in [-0.1, -0.05) is 12.8 Å². The van der Waals surface area contributed by atoms with E-state index in [1.54, 1.807) is 17.1 Å². The van der Waals surface area contributed by atoms with Crippen molar-refractivity contribution in [2.75, 3.05) is 13.2 Å². The number of nitrogens with zero attached hydrogens (tertiary/aromatic N) is 2. The molecule has 2 rings (SSSR count). The van der Waals surface area contributed by atoms with Crippen LogP contribution in [0.5, 0.6) is 0 Å². The largest absolute Gasteiger partial charge is 0.378 e. The summed E-state index contributed by atoms with van der Waals surface area (Å²) in [7, 11) is 0. The van der Waals surface area contributed by atoms with E-state index in [1.165, 1.54) is 25.7 Å². The maximum Gasteiger partial charge on any atom is 0.244 e. The van der Waals surface area contributed by atoms with Crippen LogP contribution in [0.1, 0.15) is 45.1 Å². The molecule has 0 bridgehead atoms. The van der Waals surface area contributed by atoms with Crippen molar-refractivity contribution in [1.82, 2.24) is 15.1 Å². The highest BCUT2D eigenvalue weighted by molar-refractivity contribution is 5.79. The lowest BCUT2D eigenvalue weighted by molar-refractivity contribution is -0.124. The van der Waals surface area contributed by atoms with Crippen LogP contribution < -0.4 is 5.32 Å². The van der Waals surface area contributed by atoms with Gasteiger partial charge in [-0.3, -0.25) is 9.48 Å². The third kappa shape index (κ3) is 4.35. The van der Waals surface area contributed by atoms with Gasteiger partial charge in [-0.25, -0.2) is 0 Å². The highest BCUT2D eigenvalue weighted by Gasteiger charge is 2.16. The normalized spacial score (nSPS) is 17.5. The van der Waals surface area contributed by atoms with E-state index in [4.69, 9.17) is 4.74 Å². The Balaban J connectivity index is 1.56. The Morgan fingerprint density at radius 2 is 2.32 bits per heavy atom. The molecule has 1 aromatic rings. The Bertz CT molecular complexity index is 372. The van der Waals surface area contributed by atoms with E-state index in [-0.39, 0.29) is 11.9 Å². The Morgan fingerprint density at radius 3 is 3.00 bits per heavy atom. The highest BCUT2D eigenvalue weighted by Crippen LogP contribution is 2.20. The van der Waals surface area contributed by atoms with Gasteiger partial charge in [-0.05, 0) is 32.3 Å². The molecule has 0 saturated heterocycles. The average Bonchev–Trinajstić information content (AvgIpc) is 3.10. The molecule has 106 valence electrons. The van der Waals surface area contributed by atoms with E-state index in [0.29, 0.717) is 12.6 Å². The van der Waals surface area contributed by atoms with E-state index in [9.17, 15) is 4.79 Å². The van der Waals surface area contributed by atoms with Gasteiger partial charge < -0.3 is 10.1 Å². The molecular weight excluding hydrogens is 242 g/mol. The molecular formula is C14H23N3O2. The molecule has 1 aromatic heterocycles. The molecule has 1 aliphatic carbocycles. The predicted octanol–water partition coefficient (Wildman–Crippen LogP) is 1.91. The summed E-state index contributed by atoms with van der Waals surface area (Å²) in [6, 6.07) is 1.56. The second-order valence-corrected chi connectivity index (χ2v) is 5.08. The predicted molar refractivity (Wildman–Crippen MR) is 72.8 cm³/mol. The molecule has 1 atom stereocenters. The number of amides is 1. The first-order valence-corrected chi connectivity index (χ1v) is 7.16. The summed E-state index contributed by atoms with van der Waals surface area (Å²) in [6.07, 6.45) is 9.79. The molecule has 1 N–H and O–H groups in total. The zero-order valence-corrected chi connectivity index (χ0v) is 11.5. The van der Waals surface area contributed by atoms with E-state index < -0.39 is 0 Å². The number of hydrogen-bond donors (Lipinski definition) is 1. The van der Waals surface area contributed by atoms with Crippen LogP contribution in [0, 0.1) is 0 Å². The Labute approximate surface area is 114 Å². The van der Waals surface area contributed by atoms with Gasteiger partial charge in [0.1, 0.15) is 6.04 Å². The molecule has 5 nitrogen and oxygen atoms in total. The summed E-state index contributed by atoms with van der Waals surface area (Å²) >= 11 is 0. The monoisotopic (exact) mass is 265 g/mol. The van der Waals surface area contributed by atoms with Gasteiger partial charge in [0.15, 0.2) is 0 Å². The van der Waals surface area contributed by atoms with Crippen molar-refractivity contribution in [3.05, 3.63) is 18.5 Å². The van der Waals surface area contributed by atoms with Gasteiger partial charge >= 0.3 is 0 Å². The van der Waals surface area contributed by atoms with Crippen molar-refractivity contribution in [1.29, 1.82) is 0 Å².